The molecule has 0 heterocycles. The Morgan fingerprint density at radius 3 is 0.967 bits per heavy atom. The van der Waals surface area contributed by atoms with Gasteiger partial charge in [-0.05, 0) is 122 Å². The Morgan fingerprint density at radius 1 is 0.319 bits per heavy atom. The van der Waals surface area contributed by atoms with E-state index in [9.17, 15) is 43.5 Å². The predicted octanol–water partition coefficient (Wildman–Crippen LogP) is 19.6. The molecule has 0 radical (unpaired) electrons. The molecule has 0 aromatic rings. The van der Waals surface area contributed by atoms with Gasteiger partial charge < -0.3 is 34.2 Å². The summed E-state index contributed by atoms with van der Waals surface area (Å²) in [6, 6.07) is 0. The van der Waals surface area contributed by atoms with Crippen LogP contribution in [-0.4, -0.2) is 95.9 Å². The number of rotatable bonds is 66. The summed E-state index contributed by atoms with van der Waals surface area (Å²) in [6.07, 6.45) is 74.4. The fraction of sp³-hybridized carbons (Fsp3) is 0.712. The van der Waals surface area contributed by atoms with Crippen LogP contribution in [0.5, 0.6) is 0 Å². The molecule has 0 bridgehead atoms. The second-order valence-electron chi connectivity index (χ2n) is 23.3. The van der Waals surface area contributed by atoms with Crippen molar-refractivity contribution >= 4 is 33.6 Å². The first kappa shape index (κ1) is 87.2. The van der Waals surface area contributed by atoms with Crippen LogP contribution in [0.1, 0.15) is 278 Å². The highest BCUT2D eigenvalue weighted by Crippen LogP contribution is 2.45. The molecule has 5 atom stereocenters. The van der Waals surface area contributed by atoms with Crippen LogP contribution < -0.4 is 0 Å². The number of esters is 3. The van der Waals surface area contributed by atoms with Crippen LogP contribution in [0, 0.1) is 0 Å². The standard InChI is InChI=1S/C73H126O16P2/c1-4-7-10-13-16-19-22-24-26-27-28-29-30-31-32-33-34-35-36-37-38-39-41-43-45-47-50-53-56-59-71(76)83-62-68(74)63-85-90(79,80)86-64-69(75)65-87-91(81,82)88-67-70(89-73(78)61-58-55-52-49-44-21-18-15-12-9-6-3)66-84-72(77)60-57-54-51-48-46-42-40-25-23-20-17-14-11-8-5-2/h7,10,15-20,24-26,28-29,31-32,34-35,40,68-70,74-75H,4-6,8-9,11-14,21-23,27,30,33,36-39,41-67H2,1-3H3,(H,79,80)(H,81,82)/b10-7-,18-15-,19-16-,20-17-,26-24-,29-28-,32-31-,35-34-,40-25-. The lowest BCUT2D eigenvalue weighted by Gasteiger charge is -2.21. The lowest BCUT2D eigenvalue weighted by atomic mass is 10.1. The zero-order valence-electron chi connectivity index (χ0n) is 56.7. The SMILES string of the molecule is CC/C=C\C/C=C\C/C=C\C/C=C\C/C=C\C/C=C\CCCCCCCCCCCCC(=O)OCC(O)COP(=O)(O)OCC(O)COP(=O)(O)OCC(COC(=O)CCCCCCC/C=C\C/C=C\CCCCC)OC(=O)CCCCCCC/C=C\CCCC. The molecular weight excluding hydrogens is 1190 g/mol. The van der Waals surface area contributed by atoms with E-state index in [1.165, 1.54) is 64.2 Å². The molecule has 0 amide bonds. The van der Waals surface area contributed by atoms with E-state index in [1.54, 1.807) is 0 Å². The summed E-state index contributed by atoms with van der Waals surface area (Å²) in [6.45, 7) is 2.45. The van der Waals surface area contributed by atoms with Crippen LogP contribution in [0.15, 0.2) is 109 Å². The molecule has 0 fully saturated rings. The second-order valence-corrected chi connectivity index (χ2v) is 26.2. The van der Waals surface area contributed by atoms with E-state index in [4.69, 9.17) is 32.3 Å². The molecule has 0 aliphatic heterocycles. The van der Waals surface area contributed by atoms with Crippen molar-refractivity contribution in [2.24, 2.45) is 0 Å². The van der Waals surface area contributed by atoms with Crippen LogP contribution in [0.2, 0.25) is 0 Å². The highest BCUT2D eigenvalue weighted by Gasteiger charge is 2.29. The Bertz CT molecular complexity index is 2100. The molecule has 0 aliphatic rings. The normalized spacial score (nSPS) is 14.8. The summed E-state index contributed by atoms with van der Waals surface area (Å²) in [5.74, 6) is -1.61. The Kier molecular flexibility index (Phi) is 63.5. The molecule has 0 saturated heterocycles. The van der Waals surface area contributed by atoms with Crippen LogP contribution in [0.4, 0.5) is 0 Å². The maximum atomic E-state index is 12.8. The van der Waals surface area contributed by atoms with E-state index in [0.717, 1.165) is 154 Å². The minimum absolute atomic E-state index is 0.0907. The van der Waals surface area contributed by atoms with Crippen molar-refractivity contribution in [3.63, 3.8) is 0 Å². The summed E-state index contributed by atoms with van der Waals surface area (Å²) < 4.78 is 60.8. The molecule has 18 heteroatoms. The smallest absolute Gasteiger partial charge is 0.463 e. The fourth-order valence-electron chi connectivity index (χ4n) is 9.05. The zero-order chi connectivity index (χ0) is 66.7. The Labute approximate surface area is 551 Å². The number of hydrogen-bond donors (Lipinski definition) is 4. The van der Waals surface area contributed by atoms with E-state index in [1.807, 2.05) is 0 Å². The van der Waals surface area contributed by atoms with Crippen molar-refractivity contribution in [3.8, 4) is 0 Å². The predicted molar refractivity (Wildman–Crippen MR) is 371 cm³/mol. The highest BCUT2D eigenvalue weighted by molar-refractivity contribution is 7.47. The number of carbonyl (C=O) groups excluding carboxylic acids is 3. The summed E-state index contributed by atoms with van der Waals surface area (Å²) >= 11 is 0. The van der Waals surface area contributed by atoms with Crippen molar-refractivity contribution in [1.82, 2.24) is 0 Å². The topological polar surface area (TPSA) is 231 Å². The van der Waals surface area contributed by atoms with Gasteiger partial charge in [-0.15, -0.1) is 0 Å². The second kappa shape index (κ2) is 66.2. The third-order valence-electron chi connectivity index (χ3n) is 14.5. The number of phosphoric ester groups is 2. The minimum Gasteiger partial charge on any atom is -0.463 e. The number of aliphatic hydroxyl groups excluding tert-OH is 2. The first-order valence-electron chi connectivity index (χ1n) is 35.2. The average Bonchev–Trinajstić information content (AvgIpc) is 3.72. The number of ether oxygens (including phenoxy) is 3. The largest absolute Gasteiger partial charge is 0.472 e. The van der Waals surface area contributed by atoms with Crippen LogP contribution in [0.3, 0.4) is 0 Å². The molecular formula is C73H126O16P2. The molecule has 5 unspecified atom stereocenters. The lowest BCUT2D eigenvalue weighted by molar-refractivity contribution is -0.161. The first-order chi connectivity index (χ1) is 44.2. The molecule has 0 saturated carbocycles. The van der Waals surface area contributed by atoms with Gasteiger partial charge in [0.05, 0.1) is 26.4 Å². The van der Waals surface area contributed by atoms with Crippen molar-refractivity contribution in [1.29, 1.82) is 0 Å². The maximum Gasteiger partial charge on any atom is 0.472 e. The lowest BCUT2D eigenvalue weighted by Crippen LogP contribution is -2.30. The Balaban J connectivity index is 4.44. The van der Waals surface area contributed by atoms with Crippen molar-refractivity contribution in [2.75, 3.05) is 39.6 Å². The van der Waals surface area contributed by atoms with Crippen LogP contribution in [0.25, 0.3) is 0 Å². The summed E-state index contributed by atoms with van der Waals surface area (Å²) in [4.78, 5) is 58.3. The van der Waals surface area contributed by atoms with E-state index in [2.05, 4.69) is 130 Å². The van der Waals surface area contributed by atoms with Crippen LogP contribution >= 0.6 is 15.6 Å². The third-order valence-corrected chi connectivity index (χ3v) is 16.4. The van der Waals surface area contributed by atoms with Gasteiger partial charge in [-0.1, -0.05) is 246 Å². The quantitative estimate of drug-likeness (QED) is 0.0146. The van der Waals surface area contributed by atoms with Gasteiger partial charge in [0.25, 0.3) is 0 Å². The van der Waals surface area contributed by atoms with Crippen molar-refractivity contribution in [2.45, 2.75) is 296 Å². The van der Waals surface area contributed by atoms with E-state index in [-0.39, 0.29) is 19.3 Å². The van der Waals surface area contributed by atoms with Crippen molar-refractivity contribution in [3.05, 3.63) is 109 Å². The van der Waals surface area contributed by atoms with E-state index in [0.29, 0.717) is 19.3 Å². The molecule has 16 nitrogen and oxygen atoms in total. The number of allylic oxidation sites excluding steroid dienone is 18. The number of unbranched alkanes of at least 4 members (excludes halogenated alkanes) is 25. The first-order valence-corrected chi connectivity index (χ1v) is 38.2. The summed E-state index contributed by atoms with van der Waals surface area (Å²) in [7, 11) is -9.78. The van der Waals surface area contributed by atoms with Gasteiger partial charge in [-0.3, -0.25) is 32.5 Å². The summed E-state index contributed by atoms with van der Waals surface area (Å²) in [5, 5.41) is 20.5. The molecule has 91 heavy (non-hydrogen) atoms. The molecule has 0 aromatic heterocycles. The number of phosphoric acid groups is 2. The average molecular weight is 1320 g/mol. The molecule has 4 N–H and O–H groups in total. The van der Waals surface area contributed by atoms with Crippen molar-refractivity contribution < 1.29 is 75.8 Å². The fourth-order valence-corrected chi connectivity index (χ4v) is 10.6. The Morgan fingerprint density at radius 2 is 0.593 bits per heavy atom. The van der Waals surface area contributed by atoms with Gasteiger partial charge in [0.1, 0.15) is 25.4 Å². The number of aliphatic hydroxyl groups is 2. The zero-order valence-corrected chi connectivity index (χ0v) is 58.5. The van der Waals surface area contributed by atoms with Gasteiger partial charge in [-0.25, -0.2) is 9.13 Å². The van der Waals surface area contributed by atoms with Gasteiger partial charge in [0.2, 0.25) is 0 Å². The van der Waals surface area contributed by atoms with Crippen LogP contribution in [-0.2, 0) is 55.8 Å². The molecule has 0 aliphatic carbocycles. The van der Waals surface area contributed by atoms with E-state index < -0.39 is 91.5 Å². The molecule has 0 rings (SSSR count). The maximum absolute atomic E-state index is 12.8. The van der Waals surface area contributed by atoms with Gasteiger partial charge in [-0.2, -0.15) is 0 Å². The molecule has 524 valence electrons. The van der Waals surface area contributed by atoms with Gasteiger partial charge in [0, 0.05) is 19.3 Å². The van der Waals surface area contributed by atoms with Gasteiger partial charge in [0.15, 0.2) is 6.10 Å². The summed E-state index contributed by atoms with van der Waals surface area (Å²) in [5.41, 5.74) is 0. The number of carbonyl (C=O) groups is 3. The van der Waals surface area contributed by atoms with E-state index >= 15 is 0 Å². The highest BCUT2D eigenvalue weighted by atomic mass is 31.2. The van der Waals surface area contributed by atoms with Gasteiger partial charge >= 0.3 is 33.6 Å². The third kappa shape index (κ3) is 67.4. The molecule has 0 aromatic carbocycles. The monoisotopic (exact) mass is 1320 g/mol. The minimum atomic E-state index is -4.92. The molecule has 0 spiro atoms. The Hall–Kier alpha value is -3.79. The number of hydrogen-bond acceptors (Lipinski definition) is 14.